The van der Waals surface area contributed by atoms with Crippen molar-refractivity contribution in [2.75, 3.05) is 12.8 Å². The quantitative estimate of drug-likeness (QED) is 0.457. The average Bonchev–Trinajstić information content (AvgIpc) is 3.60. The van der Waals surface area contributed by atoms with Crippen molar-refractivity contribution in [1.29, 1.82) is 0 Å². The van der Waals surface area contributed by atoms with Crippen LogP contribution in [0.1, 0.15) is 55.8 Å². The van der Waals surface area contributed by atoms with Crippen LogP contribution in [0.4, 0.5) is 4.79 Å². The Morgan fingerprint density at radius 1 is 1.18 bits per heavy atom. The van der Waals surface area contributed by atoms with E-state index in [2.05, 4.69) is 26.1 Å². The third kappa shape index (κ3) is 6.68. The number of ether oxygens (including phenoxy) is 1. The van der Waals surface area contributed by atoms with Crippen molar-refractivity contribution in [2.45, 2.75) is 51.7 Å². The van der Waals surface area contributed by atoms with E-state index < -0.39 is 38.9 Å². The molecule has 1 saturated carbocycles. The van der Waals surface area contributed by atoms with Crippen LogP contribution in [0.15, 0.2) is 29.5 Å². The molecule has 4 rings (SSSR count). The van der Waals surface area contributed by atoms with E-state index in [1.54, 1.807) is 39.8 Å². The third-order valence-electron chi connectivity index (χ3n) is 5.85. The van der Waals surface area contributed by atoms with E-state index in [-0.39, 0.29) is 28.4 Å². The summed E-state index contributed by atoms with van der Waals surface area (Å²) in [6.07, 6.45) is 3.67. The largest absolute Gasteiger partial charge is 0.444 e. The maximum atomic E-state index is 13.0. The Kier molecular flexibility index (Phi) is 7.67. The highest BCUT2D eigenvalue weighted by Gasteiger charge is 2.44. The van der Waals surface area contributed by atoms with Crippen molar-refractivity contribution in [3.05, 3.63) is 40.0 Å². The van der Waals surface area contributed by atoms with Crippen LogP contribution in [-0.4, -0.2) is 60.0 Å². The second-order valence-corrected chi connectivity index (χ2v) is 14.0. The second-order valence-electron chi connectivity index (χ2n) is 10.5. The number of amides is 3. The van der Waals surface area contributed by atoms with Gasteiger partial charge in [-0.05, 0) is 52.7 Å². The molecule has 1 aliphatic heterocycles. The van der Waals surface area contributed by atoms with E-state index in [0.717, 1.165) is 17.1 Å². The normalized spacial score (nSPS) is 20.6. The fourth-order valence-corrected chi connectivity index (χ4v) is 6.92. The number of hydrazine groups is 1. The lowest BCUT2D eigenvalue weighted by Crippen LogP contribution is -2.53. The minimum absolute atomic E-state index is 0.0614. The number of hydrogen-bond donors (Lipinski definition) is 3. The molecule has 3 N–H and O–H groups in total. The molecule has 0 unspecified atom stereocenters. The summed E-state index contributed by atoms with van der Waals surface area (Å²) >= 11 is 7.78. The average molecular weight is 597 g/mol. The fourth-order valence-electron chi connectivity index (χ4n) is 3.75. The molecule has 2 aliphatic rings. The highest BCUT2D eigenvalue weighted by Crippen LogP contribution is 2.44. The summed E-state index contributed by atoms with van der Waals surface area (Å²) < 4.78 is 32.2. The van der Waals surface area contributed by atoms with Gasteiger partial charge in [-0.1, -0.05) is 11.6 Å². The van der Waals surface area contributed by atoms with Crippen LogP contribution in [0.2, 0.25) is 5.02 Å². The zero-order valence-electron chi connectivity index (χ0n) is 22.0. The topological polar surface area (TPSA) is 159 Å². The van der Waals surface area contributed by atoms with Crippen LogP contribution >= 0.6 is 22.9 Å². The van der Waals surface area contributed by atoms with Crippen LogP contribution in [0, 0.1) is 5.92 Å². The number of nitrogens with one attached hydrogen (secondary N) is 3. The summed E-state index contributed by atoms with van der Waals surface area (Å²) in [7, 11) is -2.59. The van der Waals surface area contributed by atoms with Gasteiger partial charge in [0.1, 0.15) is 11.1 Å². The first kappa shape index (κ1) is 28.8. The van der Waals surface area contributed by atoms with Gasteiger partial charge in [0.15, 0.2) is 0 Å². The van der Waals surface area contributed by atoms with Crippen LogP contribution < -0.4 is 16.2 Å². The number of hydrogen-bond acceptors (Lipinski definition) is 9. The summed E-state index contributed by atoms with van der Waals surface area (Å²) in [5.41, 5.74) is 3.44. The first-order valence-corrected chi connectivity index (χ1v) is 14.8. The Balaban J connectivity index is 1.61. The van der Waals surface area contributed by atoms with Crippen LogP contribution in [-0.2, 0) is 25.1 Å². The van der Waals surface area contributed by atoms with Crippen molar-refractivity contribution in [3.63, 3.8) is 0 Å². The molecule has 0 spiro atoms. The van der Waals surface area contributed by atoms with Crippen LogP contribution in [0.3, 0.4) is 0 Å². The van der Waals surface area contributed by atoms with Gasteiger partial charge in [0.05, 0.1) is 21.2 Å². The molecule has 0 aromatic carbocycles. The van der Waals surface area contributed by atoms with E-state index in [0.29, 0.717) is 15.3 Å². The number of alkyl carbamates (subject to hydrolysis) is 1. The Morgan fingerprint density at radius 3 is 2.51 bits per heavy atom. The Bertz CT molecular complexity index is 1460. The molecule has 1 fully saturated rings. The zero-order valence-corrected chi connectivity index (χ0v) is 24.4. The van der Waals surface area contributed by atoms with Gasteiger partial charge < -0.3 is 4.74 Å². The van der Waals surface area contributed by atoms with Gasteiger partial charge in [0, 0.05) is 35.8 Å². The fraction of sp³-hybridized carbons (Fsp3) is 0.458. The lowest BCUT2D eigenvalue weighted by molar-refractivity contribution is -0.123. The Morgan fingerprint density at radius 2 is 1.87 bits per heavy atom. The molecule has 0 bridgehead atoms. The molecule has 15 heteroatoms. The molecule has 2 aromatic rings. The predicted octanol–water partition coefficient (Wildman–Crippen LogP) is 3.01. The zero-order chi connectivity index (χ0) is 28.8. The third-order valence-corrected chi connectivity index (χ3v) is 9.63. The maximum absolute atomic E-state index is 13.0. The van der Waals surface area contributed by atoms with Gasteiger partial charge in [0.25, 0.3) is 5.91 Å². The second kappa shape index (κ2) is 10.4. The van der Waals surface area contributed by atoms with Gasteiger partial charge >= 0.3 is 6.09 Å². The number of sulfonamides is 1. The maximum Gasteiger partial charge on any atom is 0.414 e. The molecule has 0 radical (unpaired) electrons. The summed E-state index contributed by atoms with van der Waals surface area (Å²) in [4.78, 5) is 46.5. The summed E-state index contributed by atoms with van der Waals surface area (Å²) in [6.45, 7) is 6.67. The van der Waals surface area contributed by atoms with Crippen molar-refractivity contribution in [1.82, 2.24) is 25.5 Å². The number of guanidine groups is 1. The number of carbonyl (C=O) groups is 3. The molecule has 2 aromatic heterocycles. The van der Waals surface area contributed by atoms with Crippen LogP contribution in [0.5, 0.6) is 0 Å². The molecule has 12 nitrogen and oxygen atoms in total. The molecule has 0 saturated heterocycles. The van der Waals surface area contributed by atoms with E-state index in [4.69, 9.17) is 16.3 Å². The lowest BCUT2D eigenvalue weighted by Gasteiger charge is -2.35. The molecule has 210 valence electrons. The number of pyridine rings is 1. The van der Waals surface area contributed by atoms with E-state index in [1.165, 1.54) is 30.8 Å². The minimum Gasteiger partial charge on any atom is -0.444 e. The molecule has 3 heterocycles. The molecule has 1 atom stereocenters. The number of rotatable bonds is 4. The first-order valence-electron chi connectivity index (χ1n) is 12.0. The number of aliphatic imine (C=N–C) groups is 1. The van der Waals surface area contributed by atoms with Gasteiger partial charge in [-0.2, -0.15) is 0 Å². The molecule has 39 heavy (non-hydrogen) atoms. The number of halogens is 1. The number of nitrogens with zero attached hydrogens (tertiary/aromatic N) is 3. The molecule has 1 aliphatic carbocycles. The van der Waals surface area contributed by atoms with Crippen molar-refractivity contribution in [3.8, 4) is 10.4 Å². The Labute approximate surface area is 235 Å². The van der Waals surface area contributed by atoms with Gasteiger partial charge in [0.2, 0.25) is 21.9 Å². The first-order chi connectivity index (χ1) is 18.1. The summed E-state index contributed by atoms with van der Waals surface area (Å²) in [5.74, 6) is -1.41. The highest BCUT2D eigenvalue weighted by molar-refractivity contribution is 7.89. The molecule has 3 amide bonds. The molecular weight excluding hydrogens is 568 g/mol. The number of carbonyl (C=O) groups excluding carboxylic acids is 3. The van der Waals surface area contributed by atoms with Crippen LogP contribution in [0.25, 0.3) is 10.4 Å². The van der Waals surface area contributed by atoms with E-state index in [9.17, 15) is 22.8 Å². The van der Waals surface area contributed by atoms with Gasteiger partial charge in [-0.3, -0.25) is 30.7 Å². The number of thiophene rings is 1. The van der Waals surface area contributed by atoms with E-state index >= 15 is 0 Å². The van der Waals surface area contributed by atoms with E-state index in [1.807, 2.05) is 0 Å². The summed E-state index contributed by atoms with van der Waals surface area (Å²) in [6, 6.07) is 3.23. The van der Waals surface area contributed by atoms with Gasteiger partial charge in [-0.15, -0.1) is 11.3 Å². The van der Waals surface area contributed by atoms with Crippen molar-refractivity contribution in [2.24, 2.45) is 10.9 Å². The predicted molar refractivity (Wildman–Crippen MR) is 147 cm³/mol. The monoisotopic (exact) mass is 596 g/mol. The summed E-state index contributed by atoms with van der Waals surface area (Å²) in [5, 5.41) is 2.69. The standard InChI is InChI=1S/C24H29ClN6O6S2/c1-23(2,3)37-22(34)27-21-28-24(4,12-39(35,36)31(21)5)18-16(25)9-17(38-18)14-8-15(11-26-10-14)20(33)30-29-19(32)13-6-7-13/h8-11,13H,6-7,12H2,1-5H3,(H,29,32)(H,30,33)(H,27,28,34)/t24-/m0/s1. The minimum atomic E-state index is -3.88. The lowest BCUT2D eigenvalue weighted by atomic mass is 10.0. The highest BCUT2D eigenvalue weighted by atomic mass is 35.5. The Hall–Kier alpha value is -3.23. The number of aromatic nitrogens is 1. The SMILES string of the molecule is CN1C(NC(=O)OC(C)(C)C)=N[C@](C)(c2sc(-c3cncc(C(=O)NNC(=O)C4CC4)c3)cc2Cl)CS1(=O)=O. The van der Waals surface area contributed by atoms with Crippen molar-refractivity contribution < 1.29 is 27.5 Å². The molecular formula is C24H29ClN6O6S2. The van der Waals surface area contributed by atoms with Crippen molar-refractivity contribution >= 4 is 56.8 Å². The smallest absolute Gasteiger partial charge is 0.414 e. The van der Waals surface area contributed by atoms with Gasteiger partial charge in [-0.25, -0.2) is 22.5 Å².